The number of imide groups is 1. The van der Waals surface area contributed by atoms with Gasteiger partial charge in [-0.1, -0.05) is 36.1 Å². The molecule has 2 N–H and O–H groups in total. The summed E-state index contributed by atoms with van der Waals surface area (Å²) in [5.41, 5.74) is 4.10. The van der Waals surface area contributed by atoms with Crippen LogP contribution in [-0.4, -0.2) is 76.6 Å². The smallest absolute Gasteiger partial charge is 0.282 e. The van der Waals surface area contributed by atoms with E-state index in [9.17, 15) is 19.2 Å². The molecular formula is C34H35BrN6O4. The highest BCUT2D eigenvalue weighted by molar-refractivity contribution is 9.10. The predicted octanol–water partition coefficient (Wildman–Crippen LogP) is 3.09. The van der Waals surface area contributed by atoms with Gasteiger partial charge in [-0.15, -0.1) is 0 Å². The highest BCUT2D eigenvalue weighted by Crippen LogP contribution is 2.30. The molecule has 3 atom stereocenters. The minimum atomic E-state index is -0.305. The van der Waals surface area contributed by atoms with Crippen LogP contribution in [0, 0.1) is 17.8 Å². The summed E-state index contributed by atoms with van der Waals surface area (Å²) in [5.74, 6) is 6.11. The van der Waals surface area contributed by atoms with Crippen LogP contribution in [0.4, 0.5) is 5.69 Å². The summed E-state index contributed by atoms with van der Waals surface area (Å²) < 4.78 is 1.78. The van der Waals surface area contributed by atoms with Gasteiger partial charge in [0.05, 0.1) is 23.7 Å². The van der Waals surface area contributed by atoms with E-state index in [1.807, 2.05) is 41.3 Å². The molecule has 10 nitrogen and oxygen atoms in total. The fraction of sp³-hybridized carbons (Fsp3) is 0.382. The lowest BCUT2D eigenvalue weighted by Crippen LogP contribution is -2.49. The Labute approximate surface area is 270 Å². The molecule has 0 bridgehead atoms. The Kier molecular flexibility index (Phi) is 8.88. The molecule has 0 saturated carbocycles. The second-order valence-corrected chi connectivity index (χ2v) is 13.0. The normalized spacial score (nSPS) is 22.2. The number of likely N-dealkylation sites (N-methyl/N-ethyl adjacent to an activating group) is 1. The van der Waals surface area contributed by atoms with E-state index >= 15 is 0 Å². The number of amides is 3. The predicted molar refractivity (Wildman–Crippen MR) is 174 cm³/mol. The first-order valence-corrected chi connectivity index (χ1v) is 15.9. The average Bonchev–Trinajstić information content (AvgIpc) is 3.01. The van der Waals surface area contributed by atoms with Crippen molar-refractivity contribution in [1.29, 1.82) is 0 Å². The van der Waals surface area contributed by atoms with E-state index in [1.165, 1.54) is 10.2 Å². The van der Waals surface area contributed by atoms with E-state index in [-0.39, 0.29) is 47.1 Å². The summed E-state index contributed by atoms with van der Waals surface area (Å²) >= 11 is 3.41. The number of piperidine rings is 2. The summed E-state index contributed by atoms with van der Waals surface area (Å²) in [6.07, 6.45) is 3.44. The van der Waals surface area contributed by atoms with Crippen LogP contribution in [-0.2, 0) is 16.6 Å². The van der Waals surface area contributed by atoms with Gasteiger partial charge in [-0.25, -0.2) is 4.68 Å². The number of hydrogen-bond donors (Lipinski definition) is 2. The van der Waals surface area contributed by atoms with Crippen LogP contribution < -0.4 is 16.2 Å². The van der Waals surface area contributed by atoms with Crippen LogP contribution in [0.5, 0.6) is 0 Å². The molecule has 4 heterocycles. The number of aryl methyl sites for hydroxylation is 1. The fourth-order valence-corrected chi connectivity index (χ4v) is 6.78. The molecule has 3 unspecified atom stereocenters. The molecule has 3 aromatic rings. The lowest BCUT2D eigenvalue weighted by molar-refractivity contribution is -0.134. The highest BCUT2D eigenvalue weighted by atomic mass is 79.9. The van der Waals surface area contributed by atoms with Crippen molar-refractivity contribution in [3.63, 3.8) is 0 Å². The number of hydrogen-bond acceptors (Lipinski definition) is 7. The Balaban J connectivity index is 1.01. The molecule has 6 rings (SSSR count). The quantitative estimate of drug-likeness (QED) is 0.317. The number of likely N-dealkylation sites (tertiary alicyclic amines) is 2. The molecule has 2 aromatic carbocycles. The SMILES string of the molecule is CN1CC(Nc2cnn(C)c(=O)c2Br)CC(c2ccc(C(=O)N3CC(C#Cc4ccc(C5CCC(=O)NC5=O)cc4)C3)cc2)C1. The number of anilines is 1. The van der Waals surface area contributed by atoms with Gasteiger partial charge in [0.1, 0.15) is 4.47 Å². The largest absolute Gasteiger partial charge is 0.379 e. The summed E-state index contributed by atoms with van der Waals surface area (Å²) in [4.78, 5) is 53.0. The molecule has 0 aliphatic carbocycles. The zero-order valence-corrected chi connectivity index (χ0v) is 26.8. The third-order valence-corrected chi connectivity index (χ3v) is 9.61. The summed E-state index contributed by atoms with van der Waals surface area (Å²) in [5, 5.41) is 10.0. The number of aromatic nitrogens is 2. The fourth-order valence-electron chi connectivity index (χ4n) is 6.31. The molecule has 11 heteroatoms. The molecular weight excluding hydrogens is 636 g/mol. The van der Waals surface area contributed by atoms with E-state index in [2.05, 4.69) is 67.6 Å². The van der Waals surface area contributed by atoms with E-state index in [4.69, 9.17) is 0 Å². The maximum atomic E-state index is 13.1. The van der Waals surface area contributed by atoms with Gasteiger partial charge in [0, 0.05) is 56.8 Å². The molecule has 3 amide bonds. The molecule has 0 spiro atoms. The first-order valence-electron chi connectivity index (χ1n) is 15.2. The van der Waals surface area contributed by atoms with Gasteiger partial charge in [0.2, 0.25) is 11.8 Å². The second-order valence-electron chi connectivity index (χ2n) is 12.2. The number of benzene rings is 2. The average molecular weight is 672 g/mol. The number of rotatable bonds is 5. The van der Waals surface area contributed by atoms with Gasteiger partial charge in [0.15, 0.2) is 0 Å². The van der Waals surface area contributed by atoms with Gasteiger partial charge >= 0.3 is 0 Å². The minimum absolute atomic E-state index is 0.0107. The molecule has 232 valence electrons. The molecule has 1 aromatic heterocycles. The van der Waals surface area contributed by atoms with Gasteiger partial charge in [-0.05, 0) is 77.1 Å². The Morgan fingerprint density at radius 2 is 1.69 bits per heavy atom. The van der Waals surface area contributed by atoms with Crippen LogP contribution in [0.2, 0.25) is 0 Å². The van der Waals surface area contributed by atoms with Crippen molar-refractivity contribution in [2.24, 2.45) is 13.0 Å². The third kappa shape index (κ3) is 6.87. The van der Waals surface area contributed by atoms with Crippen LogP contribution >= 0.6 is 15.9 Å². The second kappa shape index (κ2) is 13.0. The highest BCUT2D eigenvalue weighted by Gasteiger charge is 2.31. The number of nitrogens with zero attached hydrogens (tertiary/aromatic N) is 4. The van der Waals surface area contributed by atoms with Crippen LogP contribution in [0.3, 0.4) is 0 Å². The van der Waals surface area contributed by atoms with Crippen molar-refractivity contribution in [2.45, 2.75) is 37.1 Å². The molecule has 0 radical (unpaired) electrons. The van der Waals surface area contributed by atoms with Crippen molar-refractivity contribution < 1.29 is 14.4 Å². The van der Waals surface area contributed by atoms with Crippen molar-refractivity contribution in [2.75, 3.05) is 38.5 Å². The Morgan fingerprint density at radius 1 is 0.978 bits per heavy atom. The van der Waals surface area contributed by atoms with Crippen LogP contribution in [0.25, 0.3) is 0 Å². The molecule has 3 fully saturated rings. The van der Waals surface area contributed by atoms with E-state index in [1.54, 1.807) is 13.2 Å². The number of nitrogens with one attached hydrogen (secondary N) is 2. The van der Waals surface area contributed by atoms with Crippen molar-refractivity contribution >= 4 is 39.3 Å². The maximum Gasteiger partial charge on any atom is 0.282 e. The zero-order valence-electron chi connectivity index (χ0n) is 25.3. The lowest BCUT2D eigenvalue weighted by atomic mass is 9.87. The maximum absolute atomic E-state index is 13.1. The zero-order chi connectivity index (χ0) is 31.7. The Bertz CT molecular complexity index is 1740. The van der Waals surface area contributed by atoms with Crippen molar-refractivity contribution in [1.82, 2.24) is 24.9 Å². The van der Waals surface area contributed by atoms with Crippen LogP contribution in [0.1, 0.15) is 58.1 Å². The standard InChI is InChI=1S/C34H35BrN6O4/c1-39-19-26(15-27(20-39)37-29-16-36-40(2)34(45)31(29)35)23-9-11-25(12-10-23)33(44)41-17-22(18-41)4-3-21-5-7-24(8-6-21)28-13-14-30(42)38-32(28)43/h5-12,16,22,26-28,37H,13-15,17-20H2,1-2H3,(H,38,42,43). The Hall–Kier alpha value is -4.27. The van der Waals surface area contributed by atoms with E-state index < -0.39 is 0 Å². The molecule has 45 heavy (non-hydrogen) atoms. The van der Waals surface area contributed by atoms with Crippen molar-refractivity contribution in [3.8, 4) is 11.8 Å². The Morgan fingerprint density at radius 3 is 2.40 bits per heavy atom. The minimum Gasteiger partial charge on any atom is -0.379 e. The summed E-state index contributed by atoms with van der Waals surface area (Å²) in [7, 11) is 3.72. The number of carbonyl (C=O) groups is 3. The molecule has 3 aliphatic heterocycles. The first kappa shape index (κ1) is 30.7. The monoisotopic (exact) mass is 670 g/mol. The van der Waals surface area contributed by atoms with E-state index in [0.717, 1.165) is 30.6 Å². The van der Waals surface area contributed by atoms with E-state index in [0.29, 0.717) is 41.7 Å². The first-order chi connectivity index (χ1) is 21.6. The molecule has 3 aliphatic rings. The van der Waals surface area contributed by atoms with Gasteiger partial charge in [-0.2, -0.15) is 5.10 Å². The summed E-state index contributed by atoms with van der Waals surface area (Å²) in [6, 6.07) is 15.7. The lowest BCUT2D eigenvalue weighted by Gasteiger charge is -2.37. The van der Waals surface area contributed by atoms with Crippen molar-refractivity contribution in [3.05, 3.63) is 91.8 Å². The van der Waals surface area contributed by atoms with Gasteiger partial charge < -0.3 is 15.1 Å². The third-order valence-electron chi connectivity index (χ3n) is 8.84. The number of halogens is 1. The van der Waals surface area contributed by atoms with Gasteiger partial charge in [-0.3, -0.25) is 24.5 Å². The summed E-state index contributed by atoms with van der Waals surface area (Å²) in [6.45, 7) is 2.94. The molecule has 3 saturated heterocycles. The number of carbonyl (C=O) groups excluding carboxylic acids is 3. The van der Waals surface area contributed by atoms with Gasteiger partial charge in [0.25, 0.3) is 11.5 Å². The van der Waals surface area contributed by atoms with Crippen LogP contribution in [0.15, 0.2) is 64.0 Å². The topological polar surface area (TPSA) is 117 Å².